The second-order valence-corrected chi connectivity index (χ2v) is 8.08. The van der Waals surface area contributed by atoms with Crippen LogP contribution in [0.15, 0.2) is 71.6 Å². The van der Waals surface area contributed by atoms with Gasteiger partial charge in [-0.25, -0.2) is 12.8 Å². The average molecular weight is 398 g/mol. The highest BCUT2D eigenvalue weighted by atomic mass is 32.2. The fraction of sp³-hybridized carbons (Fsp3) is 0.0952. The quantitative estimate of drug-likeness (QED) is 0.643. The maximum absolute atomic E-state index is 14.5. The maximum Gasteiger partial charge on any atom is 0.269 e. The first-order chi connectivity index (χ1) is 13.3. The standard InChI is InChI=1S/C21H19FN2O3S/c1-14-7-6-8-16(11-14)17-12-15(2)20(22)19(13-17)21(25)23-24-28(26,27)18-9-4-3-5-10-18/h3-13,24H,1-2H3,(H,23,25). The van der Waals surface area contributed by atoms with Crippen LogP contribution < -0.4 is 10.3 Å². The number of nitrogens with one attached hydrogen (secondary N) is 2. The van der Waals surface area contributed by atoms with Crippen LogP contribution >= 0.6 is 0 Å². The number of benzene rings is 3. The summed E-state index contributed by atoms with van der Waals surface area (Å²) in [5.74, 6) is -1.58. The van der Waals surface area contributed by atoms with E-state index in [4.69, 9.17) is 0 Å². The topological polar surface area (TPSA) is 75.3 Å². The van der Waals surface area contributed by atoms with E-state index in [0.717, 1.165) is 11.1 Å². The lowest BCUT2D eigenvalue weighted by Gasteiger charge is -2.12. The summed E-state index contributed by atoms with van der Waals surface area (Å²) in [5, 5.41) is 0. The summed E-state index contributed by atoms with van der Waals surface area (Å²) in [6.45, 7) is 3.49. The molecule has 7 heteroatoms. The van der Waals surface area contributed by atoms with Crippen molar-refractivity contribution < 1.29 is 17.6 Å². The van der Waals surface area contributed by atoms with Crippen molar-refractivity contribution >= 4 is 15.9 Å². The van der Waals surface area contributed by atoms with E-state index in [9.17, 15) is 17.6 Å². The number of rotatable bonds is 5. The largest absolute Gasteiger partial charge is 0.273 e. The molecule has 28 heavy (non-hydrogen) atoms. The van der Waals surface area contributed by atoms with Crippen LogP contribution in [-0.4, -0.2) is 14.3 Å². The molecule has 0 aliphatic carbocycles. The molecule has 0 saturated carbocycles. The molecule has 3 aromatic rings. The molecule has 0 atom stereocenters. The summed E-state index contributed by atoms with van der Waals surface area (Å²) in [5.41, 5.74) is 4.65. The van der Waals surface area contributed by atoms with Crippen molar-refractivity contribution in [2.24, 2.45) is 0 Å². The Morgan fingerprint density at radius 2 is 1.61 bits per heavy atom. The molecule has 0 saturated heterocycles. The molecule has 0 heterocycles. The second kappa shape index (κ2) is 7.92. The first-order valence-corrected chi connectivity index (χ1v) is 10.0. The molecular formula is C21H19FN2O3S. The van der Waals surface area contributed by atoms with Crippen LogP contribution in [0.4, 0.5) is 4.39 Å². The molecule has 3 rings (SSSR count). The summed E-state index contributed by atoms with van der Waals surface area (Å²) in [4.78, 5) is 14.4. The van der Waals surface area contributed by atoms with Gasteiger partial charge >= 0.3 is 0 Å². The number of hydrogen-bond acceptors (Lipinski definition) is 3. The average Bonchev–Trinajstić information content (AvgIpc) is 2.69. The van der Waals surface area contributed by atoms with Crippen molar-refractivity contribution in [3.05, 3.63) is 89.2 Å². The van der Waals surface area contributed by atoms with E-state index in [0.29, 0.717) is 5.56 Å². The molecule has 3 aromatic carbocycles. The van der Waals surface area contributed by atoms with E-state index in [-0.39, 0.29) is 16.0 Å². The third-order valence-electron chi connectivity index (χ3n) is 4.20. The van der Waals surface area contributed by atoms with E-state index in [1.807, 2.05) is 36.0 Å². The summed E-state index contributed by atoms with van der Waals surface area (Å²) in [6.07, 6.45) is 0. The van der Waals surface area contributed by atoms with Gasteiger partial charge in [-0.1, -0.05) is 48.0 Å². The minimum atomic E-state index is -3.96. The van der Waals surface area contributed by atoms with Gasteiger partial charge in [-0.3, -0.25) is 10.2 Å². The van der Waals surface area contributed by atoms with Gasteiger partial charge in [-0.2, -0.15) is 0 Å². The second-order valence-electron chi connectivity index (χ2n) is 6.40. The predicted octanol–water partition coefficient (Wildman–Crippen LogP) is 3.73. The Bertz CT molecular complexity index is 1130. The van der Waals surface area contributed by atoms with Crippen LogP contribution in [0.1, 0.15) is 21.5 Å². The molecule has 0 unspecified atom stereocenters. The molecule has 0 fully saturated rings. The molecule has 0 spiro atoms. The zero-order chi connectivity index (χ0) is 20.3. The summed E-state index contributed by atoms with van der Waals surface area (Å²) < 4.78 is 39.0. The van der Waals surface area contributed by atoms with Crippen molar-refractivity contribution in [3.63, 3.8) is 0 Å². The van der Waals surface area contributed by atoms with Crippen molar-refractivity contribution in [2.75, 3.05) is 0 Å². The van der Waals surface area contributed by atoms with E-state index >= 15 is 0 Å². The SMILES string of the molecule is Cc1cccc(-c2cc(C)c(F)c(C(=O)NNS(=O)(=O)c3ccccc3)c2)c1. The van der Waals surface area contributed by atoms with Gasteiger partial charge in [0.05, 0.1) is 10.5 Å². The van der Waals surface area contributed by atoms with Crippen LogP contribution in [0, 0.1) is 19.7 Å². The van der Waals surface area contributed by atoms with Crippen LogP contribution in [0.2, 0.25) is 0 Å². The number of carbonyl (C=O) groups is 1. The highest BCUT2D eigenvalue weighted by Gasteiger charge is 2.19. The number of aryl methyl sites for hydroxylation is 2. The van der Waals surface area contributed by atoms with Gasteiger partial charge in [0.25, 0.3) is 15.9 Å². The first kappa shape index (κ1) is 19.7. The van der Waals surface area contributed by atoms with Gasteiger partial charge < -0.3 is 0 Å². The summed E-state index contributed by atoms with van der Waals surface area (Å²) in [7, 11) is -3.96. The Morgan fingerprint density at radius 3 is 2.29 bits per heavy atom. The van der Waals surface area contributed by atoms with Gasteiger partial charge in [-0.05, 0) is 54.8 Å². The number of carbonyl (C=O) groups excluding carboxylic acids is 1. The smallest absolute Gasteiger partial charge is 0.269 e. The lowest BCUT2D eigenvalue weighted by atomic mass is 9.98. The van der Waals surface area contributed by atoms with Crippen molar-refractivity contribution in [1.29, 1.82) is 0 Å². The van der Waals surface area contributed by atoms with Crippen molar-refractivity contribution in [1.82, 2.24) is 10.3 Å². The Balaban J connectivity index is 1.87. The fourth-order valence-corrected chi connectivity index (χ4v) is 3.63. The molecular weight excluding hydrogens is 379 g/mol. The number of sulfonamides is 1. The molecule has 144 valence electrons. The molecule has 0 bridgehead atoms. The van der Waals surface area contributed by atoms with Gasteiger partial charge in [0.1, 0.15) is 5.82 Å². The predicted molar refractivity (Wildman–Crippen MR) is 106 cm³/mol. The fourth-order valence-electron chi connectivity index (χ4n) is 2.77. The normalized spacial score (nSPS) is 11.2. The monoisotopic (exact) mass is 398 g/mol. The van der Waals surface area contributed by atoms with E-state index in [1.54, 1.807) is 31.2 Å². The number of hydrazine groups is 1. The molecule has 0 aromatic heterocycles. The lowest BCUT2D eigenvalue weighted by molar-refractivity contribution is 0.0941. The molecule has 1 amide bonds. The van der Waals surface area contributed by atoms with E-state index in [1.165, 1.54) is 18.2 Å². The Hall–Kier alpha value is -3.03. The molecule has 0 radical (unpaired) electrons. The highest BCUT2D eigenvalue weighted by Crippen LogP contribution is 2.25. The number of halogens is 1. The molecule has 0 aliphatic rings. The zero-order valence-corrected chi connectivity index (χ0v) is 16.2. The molecule has 0 aliphatic heterocycles. The highest BCUT2D eigenvalue weighted by molar-refractivity contribution is 7.89. The van der Waals surface area contributed by atoms with Gasteiger partial charge in [0.2, 0.25) is 0 Å². The Morgan fingerprint density at radius 1 is 0.893 bits per heavy atom. The van der Waals surface area contributed by atoms with Crippen LogP contribution in [-0.2, 0) is 10.0 Å². The van der Waals surface area contributed by atoms with Crippen molar-refractivity contribution in [2.45, 2.75) is 18.7 Å². The molecule has 2 N–H and O–H groups in total. The van der Waals surface area contributed by atoms with Crippen LogP contribution in [0.25, 0.3) is 11.1 Å². The zero-order valence-electron chi connectivity index (χ0n) is 15.4. The molecule has 5 nitrogen and oxygen atoms in total. The Kier molecular flexibility index (Phi) is 5.58. The van der Waals surface area contributed by atoms with Gasteiger partial charge in [0.15, 0.2) is 0 Å². The van der Waals surface area contributed by atoms with Crippen molar-refractivity contribution in [3.8, 4) is 11.1 Å². The Labute approximate surface area is 163 Å². The minimum absolute atomic E-state index is 0.0135. The van der Waals surface area contributed by atoms with Gasteiger partial charge in [0, 0.05) is 0 Å². The third-order valence-corrected chi connectivity index (χ3v) is 5.47. The summed E-state index contributed by atoms with van der Waals surface area (Å²) in [6, 6.07) is 18.2. The number of amides is 1. The maximum atomic E-state index is 14.5. The summed E-state index contributed by atoms with van der Waals surface area (Å²) >= 11 is 0. The lowest BCUT2D eigenvalue weighted by Crippen LogP contribution is -2.41. The van der Waals surface area contributed by atoms with Gasteiger partial charge in [-0.15, -0.1) is 4.83 Å². The number of hydrogen-bond donors (Lipinski definition) is 2. The van der Waals surface area contributed by atoms with E-state index in [2.05, 4.69) is 5.43 Å². The first-order valence-electron chi connectivity index (χ1n) is 8.52. The minimum Gasteiger partial charge on any atom is -0.273 e. The van der Waals surface area contributed by atoms with Crippen LogP contribution in [0.5, 0.6) is 0 Å². The third kappa shape index (κ3) is 4.27. The van der Waals surface area contributed by atoms with E-state index < -0.39 is 21.7 Å². The van der Waals surface area contributed by atoms with Crippen LogP contribution in [0.3, 0.4) is 0 Å².